The first-order valence-electron chi connectivity index (χ1n) is 6.26. The van der Waals surface area contributed by atoms with Crippen molar-refractivity contribution in [2.45, 2.75) is 33.9 Å². The molecule has 0 spiro atoms. The molecule has 0 bridgehead atoms. The summed E-state index contributed by atoms with van der Waals surface area (Å²) in [5.74, 6) is 1.43. The number of hydrogen-bond acceptors (Lipinski definition) is 2. The van der Waals surface area contributed by atoms with Crippen LogP contribution in [0.4, 0.5) is 0 Å². The van der Waals surface area contributed by atoms with Crippen LogP contribution in [0.15, 0.2) is 24.3 Å². The fraction of sp³-hybridized carbons (Fsp3) is 0.429. The van der Waals surface area contributed by atoms with Crippen molar-refractivity contribution in [3.8, 4) is 0 Å². The maximum Gasteiger partial charge on any atom is 0.217 e. The van der Waals surface area contributed by atoms with Crippen molar-refractivity contribution in [2.75, 3.05) is 0 Å². The zero-order valence-electron chi connectivity index (χ0n) is 11.1. The summed E-state index contributed by atoms with van der Waals surface area (Å²) in [5, 5.41) is 2.81. The second kappa shape index (κ2) is 5.21. The molecule has 18 heavy (non-hydrogen) atoms. The fourth-order valence-electron chi connectivity index (χ4n) is 2.03. The lowest BCUT2D eigenvalue weighted by Gasteiger charge is -2.11. The van der Waals surface area contributed by atoms with E-state index in [-0.39, 0.29) is 5.91 Å². The Labute approximate surface area is 107 Å². The maximum absolute atomic E-state index is 11.0. The van der Waals surface area contributed by atoms with Crippen LogP contribution in [0, 0.1) is 5.92 Å². The van der Waals surface area contributed by atoms with Crippen molar-refractivity contribution >= 4 is 16.9 Å². The van der Waals surface area contributed by atoms with Crippen molar-refractivity contribution in [2.24, 2.45) is 5.92 Å². The molecule has 0 unspecified atom stereocenters. The first kappa shape index (κ1) is 12.6. The molecule has 0 fully saturated rings. The summed E-state index contributed by atoms with van der Waals surface area (Å²) in [6.07, 6.45) is 0. The summed E-state index contributed by atoms with van der Waals surface area (Å²) in [6.45, 7) is 7.27. The first-order valence-corrected chi connectivity index (χ1v) is 6.26. The molecular formula is C14H19N3O. The van der Waals surface area contributed by atoms with Crippen LogP contribution in [-0.4, -0.2) is 15.5 Å². The quantitative estimate of drug-likeness (QED) is 0.898. The number of rotatable bonds is 4. The molecule has 0 radical (unpaired) electrons. The Balaban J connectivity index is 2.39. The van der Waals surface area contributed by atoms with E-state index in [1.165, 1.54) is 6.92 Å². The normalized spacial score (nSPS) is 11.1. The number of fused-ring (bicyclic) bond motifs is 1. The molecular weight excluding hydrogens is 226 g/mol. The van der Waals surface area contributed by atoms with Crippen molar-refractivity contribution in [1.29, 1.82) is 0 Å². The number of carbonyl (C=O) groups excluding carboxylic acids is 1. The van der Waals surface area contributed by atoms with Crippen LogP contribution >= 0.6 is 0 Å². The molecule has 1 amide bonds. The molecule has 1 aromatic carbocycles. The molecule has 4 heteroatoms. The second-order valence-corrected chi connectivity index (χ2v) is 4.93. The summed E-state index contributed by atoms with van der Waals surface area (Å²) in [4.78, 5) is 15.6. The molecule has 0 aliphatic heterocycles. The van der Waals surface area contributed by atoms with Gasteiger partial charge in [-0.2, -0.15) is 0 Å². The van der Waals surface area contributed by atoms with Crippen LogP contribution in [-0.2, 0) is 17.9 Å². The zero-order chi connectivity index (χ0) is 13.1. The molecule has 0 aliphatic rings. The van der Waals surface area contributed by atoms with Crippen LogP contribution in [0.5, 0.6) is 0 Å². The number of benzene rings is 1. The van der Waals surface area contributed by atoms with E-state index in [1.54, 1.807) is 0 Å². The number of amides is 1. The van der Waals surface area contributed by atoms with E-state index in [0.29, 0.717) is 12.5 Å². The first-order chi connectivity index (χ1) is 8.58. The third-order valence-corrected chi connectivity index (χ3v) is 2.78. The van der Waals surface area contributed by atoms with Gasteiger partial charge in [0.2, 0.25) is 5.91 Å². The van der Waals surface area contributed by atoms with Gasteiger partial charge in [-0.1, -0.05) is 26.0 Å². The lowest BCUT2D eigenvalue weighted by atomic mass is 10.2. The summed E-state index contributed by atoms with van der Waals surface area (Å²) in [7, 11) is 0. The van der Waals surface area contributed by atoms with E-state index in [9.17, 15) is 4.79 Å². The maximum atomic E-state index is 11.0. The second-order valence-electron chi connectivity index (χ2n) is 4.93. The lowest BCUT2D eigenvalue weighted by molar-refractivity contribution is -0.119. The van der Waals surface area contributed by atoms with Gasteiger partial charge in [0.1, 0.15) is 5.82 Å². The molecule has 0 saturated carbocycles. The van der Waals surface area contributed by atoms with Gasteiger partial charge in [-0.3, -0.25) is 4.79 Å². The molecule has 2 aromatic rings. The van der Waals surface area contributed by atoms with Crippen molar-refractivity contribution in [3.63, 3.8) is 0 Å². The number of nitrogens with zero attached hydrogens (tertiary/aromatic N) is 2. The van der Waals surface area contributed by atoms with Crippen LogP contribution in [0.25, 0.3) is 11.0 Å². The Kier molecular flexibility index (Phi) is 3.65. The molecule has 96 valence electrons. The summed E-state index contributed by atoms with van der Waals surface area (Å²) in [6, 6.07) is 8.08. The lowest BCUT2D eigenvalue weighted by Crippen LogP contribution is -2.22. The average Bonchev–Trinajstić information content (AvgIpc) is 2.64. The van der Waals surface area contributed by atoms with Gasteiger partial charge in [-0.25, -0.2) is 4.98 Å². The fourth-order valence-corrected chi connectivity index (χ4v) is 2.03. The Hall–Kier alpha value is -1.84. The average molecular weight is 245 g/mol. The summed E-state index contributed by atoms with van der Waals surface area (Å²) < 4.78 is 2.19. The third-order valence-electron chi connectivity index (χ3n) is 2.78. The summed E-state index contributed by atoms with van der Waals surface area (Å²) >= 11 is 0. The van der Waals surface area contributed by atoms with Gasteiger partial charge in [0, 0.05) is 13.5 Å². The van der Waals surface area contributed by atoms with E-state index in [2.05, 4.69) is 34.8 Å². The minimum atomic E-state index is -0.0295. The number of nitrogens with one attached hydrogen (secondary N) is 1. The van der Waals surface area contributed by atoms with Gasteiger partial charge in [-0.15, -0.1) is 0 Å². The minimum Gasteiger partial charge on any atom is -0.349 e. The number of hydrogen-bond donors (Lipinski definition) is 1. The largest absolute Gasteiger partial charge is 0.349 e. The Bertz CT molecular complexity index is 557. The van der Waals surface area contributed by atoms with Gasteiger partial charge >= 0.3 is 0 Å². The molecule has 1 aromatic heterocycles. The number of para-hydroxylation sites is 2. The molecule has 1 N–H and O–H groups in total. The molecule has 0 aliphatic carbocycles. The highest BCUT2D eigenvalue weighted by atomic mass is 16.1. The summed E-state index contributed by atoms with van der Waals surface area (Å²) in [5.41, 5.74) is 2.12. The van der Waals surface area contributed by atoms with Gasteiger partial charge in [0.05, 0.1) is 17.6 Å². The van der Waals surface area contributed by atoms with E-state index >= 15 is 0 Å². The molecule has 0 atom stereocenters. The van der Waals surface area contributed by atoms with Crippen LogP contribution in [0.2, 0.25) is 0 Å². The highest BCUT2D eigenvalue weighted by molar-refractivity contribution is 5.76. The van der Waals surface area contributed by atoms with Crippen molar-refractivity contribution in [3.05, 3.63) is 30.1 Å². The van der Waals surface area contributed by atoms with Gasteiger partial charge in [0.15, 0.2) is 0 Å². The monoisotopic (exact) mass is 245 g/mol. The third kappa shape index (κ3) is 2.70. The molecule has 0 saturated heterocycles. The van der Waals surface area contributed by atoms with Gasteiger partial charge < -0.3 is 9.88 Å². The predicted molar refractivity (Wildman–Crippen MR) is 72.1 cm³/mol. The molecule has 2 rings (SSSR count). The smallest absolute Gasteiger partial charge is 0.217 e. The zero-order valence-corrected chi connectivity index (χ0v) is 11.1. The standard InChI is InChI=1S/C14H19N3O/c1-10(2)9-17-13-7-5-4-6-12(13)16-14(17)8-15-11(3)18/h4-7,10H,8-9H2,1-3H3,(H,15,18). The highest BCUT2D eigenvalue weighted by Crippen LogP contribution is 2.17. The van der Waals surface area contributed by atoms with E-state index < -0.39 is 0 Å². The number of carbonyl (C=O) groups is 1. The topological polar surface area (TPSA) is 46.9 Å². The molecule has 1 heterocycles. The van der Waals surface area contributed by atoms with Gasteiger partial charge in [-0.05, 0) is 18.1 Å². The molecule has 4 nitrogen and oxygen atoms in total. The van der Waals surface area contributed by atoms with Crippen LogP contribution in [0.1, 0.15) is 26.6 Å². The van der Waals surface area contributed by atoms with Crippen LogP contribution < -0.4 is 5.32 Å². The van der Waals surface area contributed by atoms with Crippen LogP contribution in [0.3, 0.4) is 0 Å². The van der Waals surface area contributed by atoms with E-state index in [1.807, 2.05) is 18.2 Å². The Morgan fingerprint density at radius 2 is 2.11 bits per heavy atom. The van der Waals surface area contributed by atoms with Crippen molar-refractivity contribution < 1.29 is 4.79 Å². The highest BCUT2D eigenvalue weighted by Gasteiger charge is 2.11. The number of imidazole rings is 1. The SMILES string of the molecule is CC(=O)NCc1nc2ccccc2n1CC(C)C. The minimum absolute atomic E-state index is 0.0295. The number of aromatic nitrogens is 2. The predicted octanol–water partition coefficient (Wildman–Crippen LogP) is 2.33. The van der Waals surface area contributed by atoms with Gasteiger partial charge in [0.25, 0.3) is 0 Å². The Morgan fingerprint density at radius 3 is 2.78 bits per heavy atom. The van der Waals surface area contributed by atoms with E-state index in [0.717, 1.165) is 23.4 Å². The van der Waals surface area contributed by atoms with E-state index in [4.69, 9.17) is 0 Å². The van der Waals surface area contributed by atoms with Crippen molar-refractivity contribution in [1.82, 2.24) is 14.9 Å². The Morgan fingerprint density at radius 1 is 1.39 bits per heavy atom.